The summed E-state index contributed by atoms with van der Waals surface area (Å²) >= 11 is 4.79. The summed E-state index contributed by atoms with van der Waals surface area (Å²) in [5.41, 5.74) is 1.03. The molecular weight excluding hydrogens is 338 g/mol. The molecule has 1 aromatic heterocycles. The first-order chi connectivity index (χ1) is 8.30. The first-order valence-corrected chi connectivity index (χ1v) is 9.00. The third-order valence-corrected chi connectivity index (χ3v) is 6.92. The molecule has 0 bridgehead atoms. The van der Waals surface area contributed by atoms with Gasteiger partial charge in [-0.05, 0) is 41.4 Å². The molecule has 0 saturated carbocycles. The molecule has 1 aromatic rings. The Hall–Kier alpha value is -0.400. The minimum atomic E-state index is -2.98. The number of hydrogen-bond acceptors (Lipinski definition) is 4. The number of sulfone groups is 1. The minimum absolute atomic E-state index is 0.0598. The van der Waals surface area contributed by atoms with E-state index in [0.717, 1.165) is 9.35 Å². The first kappa shape index (κ1) is 14.0. The van der Waals surface area contributed by atoms with Gasteiger partial charge < -0.3 is 4.90 Å². The van der Waals surface area contributed by atoms with Crippen LogP contribution in [0.5, 0.6) is 0 Å². The van der Waals surface area contributed by atoms with Crippen molar-refractivity contribution in [3.63, 3.8) is 0 Å². The van der Waals surface area contributed by atoms with Gasteiger partial charge in [-0.2, -0.15) is 0 Å². The summed E-state index contributed by atoms with van der Waals surface area (Å²) in [7, 11) is -2.98. The Bertz CT molecular complexity index is 560. The highest BCUT2D eigenvalue weighted by molar-refractivity contribution is 9.11. The molecule has 1 unspecified atom stereocenters. The summed E-state index contributed by atoms with van der Waals surface area (Å²) in [6.45, 7) is 4.00. The Morgan fingerprint density at radius 1 is 1.56 bits per heavy atom. The number of carbonyl (C=O) groups is 1. The van der Waals surface area contributed by atoms with Gasteiger partial charge in [-0.1, -0.05) is 0 Å². The van der Waals surface area contributed by atoms with Crippen LogP contribution in [0.1, 0.15) is 22.2 Å². The lowest BCUT2D eigenvalue weighted by Gasteiger charge is -2.32. The van der Waals surface area contributed by atoms with Crippen LogP contribution in [0.15, 0.2) is 9.85 Å². The van der Waals surface area contributed by atoms with Gasteiger partial charge in [0.05, 0.1) is 20.2 Å². The molecule has 1 aliphatic heterocycles. The molecule has 0 N–H and O–H groups in total. The molecule has 1 fully saturated rings. The second-order valence-electron chi connectivity index (χ2n) is 4.53. The lowest BCUT2D eigenvalue weighted by molar-refractivity contribution is 0.0717. The Balaban J connectivity index is 2.20. The fourth-order valence-corrected chi connectivity index (χ4v) is 5.05. The van der Waals surface area contributed by atoms with Crippen LogP contribution in [0.4, 0.5) is 0 Å². The number of hydrogen-bond donors (Lipinski definition) is 0. The zero-order valence-corrected chi connectivity index (χ0v) is 13.4. The van der Waals surface area contributed by atoms with Gasteiger partial charge >= 0.3 is 0 Å². The van der Waals surface area contributed by atoms with Gasteiger partial charge in [0.1, 0.15) is 0 Å². The molecule has 18 heavy (non-hydrogen) atoms. The van der Waals surface area contributed by atoms with E-state index in [-0.39, 0.29) is 30.0 Å². The van der Waals surface area contributed by atoms with Crippen molar-refractivity contribution in [3.8, 4) is 0 Å². The highest BCUT2D eigenvalue weighted by Gasteiger charge is 2.32. The normalized spacial score (nSPS) is 23.1. The fourth-order valence-electron chi connectivity index (χ4n) is 2.01. The number of rotatable bonds is 1. The Morgan fingerprint density at radius 3 is 2.72 bits per heavy atom. The van der Waals surface area contributed by atoms with Crippen LogP contribution in [0.3, 0.4) is 0 Å². The molecule has 7 heteroatoms. The van der Waals surface area contributed by atoms with E-state index < -0.39 is 9.84 Å². The van der Waals surface area contributed by atoms with Gasteiger partial charge in [-0.25, -0.2) is 8.42 Å². The van der Waals surface area contributed by atoms with Crippen LogP contribution < -0.4 is 0 Å². The summed E-state index contributed by atoms with van der Waals surface area (Å²) in [5.74, 6) is 0.0509. The van der Waals surface area contributed by atoms with E-state index in [1.54, 1.807) is 11.8 Å². The van der Waals surface area contributed by atoms with E-state index in [0.29, 0.717) is 4.88 Å². The molecule has 2 heterocycles. The predicted octanol–water partition coefficient (Wildman–Crippen LogP) is 2.08. The summed E-state index contributed by atoms with van der Waals surface area (Å²) in [6, 6.07) is 1.59. The number of aryl methyl sites for hydroxylation is 1. The smallest absolute Gasteiger partial charge is 0.264 e. The number of halogens is 1. The lowest BCUT2D eigenvalue weighted by Crippen LogP contribution is -2.49. The third-order valence-electron chi connectivity index (χ3n) is 3.00. The van der Waals surface area contributed by atoms with Gasteiger partial charge in [-0.15, -0.1) is 11.3 Å². The van der Waals surface area contributed by atoms with E-state index in [1.807, 2.05) is 13.0 Å². The van der Waals surface area contributed by atoms with Crippen molar-refractivity contribution in [1.82, 2.24) is 4.90 Å². The zero-order chi connectivity index (χ0) is 13.5. The Labute approximate surface area is 119 Å². The lowest BCUT2D eigenvalue weighted by atomic mass is 10.2. The number of thiophene rings is 1. The Kier molecular flexibility index (Phi) is 3.85. The number of carbonyl (C=O) groups excluding carboxylic acids is 1. The summed E-state index contributed by atoms with van der Waals surface area (Å²) < 4.78 is 23.9. The SMILES string of the molecule is Cc1cc(C(=O)N2CCS(=O)(=O)CC2C)sc1Br. The number of nitrogens with zero attached hydrogens (tertiary/aromatic N) is 1. The topological polar surface area (TPSA) is 54.5 Å². The van der Waals surface area contributed by atoms with Crippen LogP contribution in [-0.2, 0) is 9.84 Å². The predicted molar refractivity (Wildman–Crippen MR) is 75.9 cm³/mol. The standard InChI is InChI=1S/C11H14BrNO3S2/c1-7-5-9(17-10(7)12)11(14)13-3-4-18(15,16)6-8(13)2/h5,8H,3-4,6H2,1-2H3. The largest absolute Gasteiger partial charge is 0.333 e. The quantitative estimate of drug-likeness (QED) is 0.778. The molecule has 1 atom stereocenters. The van der Waals surface area contributed by atoms with Gasteiger partial charge in [0.25, 0.3) is 5.91 Å². The van der Waals surface area contributed by atoms with Gasteiger partial charge in [0.15, 0.2) is 9.84 Å². The van der Waals surface area contributed by atoms with E-state index >= 15 is 0 Å². The Morgan fingerprint density at radius 2 is 2.22 bits per heavy atom. The molecule has 1 amide bonds. The molecule has 0 aromatic carbocycles. The summed E-state index contributed by atoms with van der Waals surface area (Å²) in [4.78, 5) is 14.6. The van der Waals surface area contributed by atoms with Crippen LogP contribution >= 0.6 is 27.3 Å². The van der Waals surface area contributed by atoms with Gasteiger partial charge in [-0.3, -0.25) is 4.79 Å². The minimum Gasteiger partial charge on any atom is -0.333 e. The van der Waals surface area contributed by atoms with Crippen molar-refractivity contribution in [2.75, 3.05) is 18.1 Å². The molecule has 1 aliphatic rings. The molecule has 2 rings (SSSR count). The number of amides is 1. The van der Waals surface area contributed by atoms with Crippen molar-refractivity contribution >= 4 is 43.0 Å². The molecule has 1 saturated heterocycles. The van der Waals surface area contributed by atoms with E-state index in [2.05, 4.69) is 15.9 Å². The van der Waals surface area contributed by atoms with Crippen molar-refractivity contribution in [1.29, 1.82) is 0 Å². The van der Waals surface area contributed by atoms with E-state index in [1.165, 1.54) is 11.3 Å². The molecular formula is C11H14BrNO3S2. The fraction of sp³-hybridized carbons (Fsp3) is 0.545. The van der Waals surface area contributed by atoms with Crippen molar-refractivity contribution in [3.05, 3.63) is 20.3 Å². The third kappa shape index (κ3) is 2.78. The molecule has 100 valence electrons. The molecule has 4 nitrogen and oxygen atoms in total. The average molecular weight is 352 g/mol. The van der Waals surface area contributed by atoms with Crippen molar-refractivity contribution in [2.45, 2.75) is 19.9 Å². The molecule has 0 radical (unpaired) electrons. The molecule has 0 aliphatic carbocycles. The van der Waals surface area contributed by atoms with Gasteiger partial charge in [0, 0.05) is 12.6 Å². The first-order valence-electron chi connectivity index (χ1n) is 5.57. The second kappa shape index (κ2) is 4.94. The maximum atomic E-state index is 12.3. The van der Waals surface area contributed by atoms with E-state index in [9.17, 15) is 13.2 Å². The van der Waals surface area contributed by atoms with Crippen LogP contribution in [0, 0.1) is 6.92 Å². The second-order valence-corrected chi connectivity index (χ2v) is 9.13. The van der Waals surface area contributed by atoms with Crippen molar-refractivity contribution in [2.24, 2.45) is 0 Å². The van der Waals surface area contributed by atoms with Crippen LogP contribution in [0.2, 0.25) is 0 Å². The summed E-state index contributed by atoms with van der Waals surface area (Å²) in [6.07, 6.45) is 0. The molecule has 0 spiro atoms. The van der Waals surface area contributed by atoms with Crippen LogP contribution in [0.25, 0.3) is 0 Å². The zero-order valence-electron chi connectivity index (χ0n) is 10.1. The average Bonchev–Trinajstić information content (AvgIpc) is 2.57. The van der Waals surface area contributed by atoms with Crippen molar-refractivity contribution < 1.29 is 13.2 Å². The van der Waals surface area contributed by atoms with Gasteiger partial charge in [0.2, 0.25) is 0 Å². The maximum Gasteiger partial charge on any atom is 0.264 e. The summed E-state index contributed by atoms with van der Waals surface area (Å²) in [5, 5.41) is 0. The maximum absolute atomic E-state index is 12.3. The van der Waals surface area contributed by atoms with E-state index in [4.69, 9.17) is 0 Å². The highest BCUT2D eigenvalue weighted by atomic mass is 79.9. The van der Waals surface area contributed by atoms with Crippen LogP contribution in [-0.4, -0.2) is 43.3 Å². The monoisotopic (exact) mass is 351 g/mol. The highest BCUT2D eigenvalue weighted by Crippen LogP contribution is 2.29.